The van der Waals surface area contributed by atoms with Gasteiger partial charge in [0.2, 0.25) is 0 Å². The predicted octanol–water partition coefficient (Wildman–Crippen LogP) is 6.19. The summed E-state index contributed by atoms with van der Waals surface area (Å²) in [4.78, 5) is 45.7. The van der Waals surface area contributed by atoms with E-state index in [4.69, 9.17) is 0 Å². The molecule has 8 rings (SSSR count). The first-order valence-corrected chi connectivity index (χ1v) is 20.6. The standard InChI is InChI=1S/C45H37F8N10O4/c46-31-15-29(44(48,49)50)17-33(19-31)61-35-23-59(41(64)37(35)39(57-43(61)66)27-7-3-25(21-54)4-8-27)13-1-11-56-12-2-14-60-24-36-38(42(60)65)40(28-9-5-26(22-55)6-10-28)58-63(67)62(36)34-18-30(45(51,52)53)16-32(47)20-34/h3-10,15-20,39-40,43,56-57,66H,1-2,11-14,23-24H2,(H,58,67)/q+1. The molecule has 22 heteroatoms. The van der Waals surface area contributed by atoms with E-state index in [9.17, 15) is 65.2 Å². The molecule has 0 radical (unpaired) electrons. The van der Waals surface area contributed by atoms with Crippen LogP contribution in [-0.2, 0) is 21.9 Å². The van der Waals surface area contributed by atoms with Crippen molar-refractivity contribution in [3.8, 4) is 12.1 Å². The van der Waals surface area contributed by atoms with Crippen molar-refractivity contribution in [3.63, 3.8) is 0 Å². The zero-order valence-corrected chi connectivity index (χ0v) is 34.8. The summed E-state index contributed by atoms with van der Waals surface area (Å²) in [5, 5.41) is 36.7. The first kappa shape index (κ1) is 46.1. The van der Waals surface area contributed by atoms with Gasteiger partial charge in [0.1, 0.15) is 29.1 Å². The van der Waals surface area contributed by atoms with Crippen molar-refractivity contribution in [1.82, 2.24) is 25.9 Å². The van der Waals surface area contributed by atoms with Gasteiger partial charge >= 0.3 is 12.4 Å². The molecule has 3 atom stereocenters. The monoisotopic (exact) mass is 933 g/mol. The number of carbonyl (C=O) groups is 2. The molecule has 0 saturated carbocycles. The van der Waals surface area contributed by atoms with Crippen LogP contribution in [0.15, 0.2) is 107 Å². The third kappa shape index (κ3) is 9.23. The second kappa shape index (κ2) is 18.1. The Balaban J connectivity index is 0.930. The van der Waals surface area contributed by atoms with Crippen molar-refractivity contribution in [2.75, 3.05) is 49.2 Å². The minimum atomic E-state index is -4.95. The van der Waals surface area contributed by atoms with Crippen molar-refractivity contribution in [1.29, 1.82) is 10.5 Å². The van der Waals surface area contributed by atoms with Gasteiger partial charge in [-0.05, 0) is 96.7 Å². The number of nitrogens with one attached hydrogen (secondary N) is 3. The Labute approximate surface area is 376 Å². The molecule has 4 aromatic rings. The number of carbonyl (C=O) groups excluding carboxylic acids is 2. The Morgan fingerprint density at radius 1 is 0.687 bits per heavy atom. The van der Waals surface area contributed by atoms with Gasteiger partial charge in [-0.3, -0.25) is 14.9 Å². The van der Waals surface area contributed by atoms with Gasteiger partial charge in [0.05, 0.1) is 75.3 Å². The van der Waals surface area contributed by atoms with E-state index in [-0.39, 0.29) is 65.5 Å². The second-order valence-corrected chi connectivity index (χ2v) is 16.0. The number of hydrogen-bond donors (Lipinski definition) is 4. The molecule has 4 heterocycles. The molecular formula is C45H37F8N10O4+. The minimum absolute atomic E-state index is 0.0206. The average Bonchev–Trinajstić information content (AvgIpc) is 3.78. The maximum Gasteiger partial charge on any atom is 0.416 e. The van der Waals surface area contributed by atoms with Crippen LogP contribution in [0.25, 0.3) is 0 Å². The van der Waals surface area contributed by atoms with E-state index >= 15 is 0 Å². The SMILES string of the molecule is N#Cc1ccc(C2NC(O)N(c3cc(F)cc(C(F)(F)F)c3)C3=C2C(=O)N(CCCNCCCN2CC4=C(C2=O)C(c2ccc(C#N)cc2)N[N+](=O)N4c2cc(F)cc(C(F)(F)F)c2)C3)cc1. The number of nitriles is 2. The molecule has 0 bridgehead atoms. The third-order valence-electron chi connectivity index (χ3n) is 11.7. The normalized spacial score (nSPS) is 19.7. The van der Waals surface area contributed by atoms with Crippen LogP contribution in [0.5, 0.6) is 0 Å². The number of anilines is 2. The number of hydrazine groups is 2. The number of benzene rings is 4. The van der Waals surface area contributed by atoms with Crippen molar-refractivity contribution in [2.45, 2.75) is 43.6 Å². The van der Waals surface area contributed by atoms with Crippen LogP contribution in [0.4, 0.5) is 46.5 Å². The van der Waals surface area contributed by atoms with E-state index in [1.54, 1.807) is 12.1 Å². The van der Waals surface area contributed by atoms with Crippen molar-refractivity contribution < 1.29 is 54.8 Å². The summed E-state index contributed by atoms with van der Waals surface area (Å²) in [7, 11) is 0. The zero-order valence-electron chi connectivity index (χ0n) is 34.8. The number of aliphatic hydroxyl groups is 1. The smallest absolute Gasteiger partial charge is 0.361 e. The van der Waals surface area contributed by atoms with Crippen LogP contribution < -0.4 is 26.0 Å². The Hall–Kier alpha value is -7.40. The number of hydrogen-bond acceptors (Lipinski definition) is 9. The number of rotatable bonds is 12. The predicted molar refractivity (Wildman–Crippen MR) is 221 cm³/mol. The Kier molecular flexibility index (Phi) is 12.5. The molecule has 2 amide bonds. The molecule has 4 aliphatic heterocycles. The lowest BCUT2D eigenvalue weighted by atomic mass is 9.94. The summed E-state index contributed by atoms with van der Waals surface area (Å²) in [6.07, 6.45) is -10.8. The molecule has 4 aliphatic rings. The number of nitrogens with zero attached hydrogens (tertiary/aromatic N) is 7. The lowest BCUT2D eigenvalue weighted by Crippen LogP contribution is -2.52. The zero-order chi connectivity index (χ0) is 47.9. The van der Waals surface area contributed by atoms with Crippen LogP contribution in [-0.4, -0.2) is 77.3 Å². The highest BCUT2D eigenvalue weighted by Gasteiger charge is 2.50. The molecular weight excluding hydrogens is 897 g/mol. The summed E-state index contributed by atoms with van der Waals surface area (Å²) < 4.78 is 112. The number of amides is 2. The van der Waals surface area contributed by atoms with E-state index < -0.39 is 71.1 Å². The van der Waals surface area contributed by atoms with Gasteiger partial charge in [-0.25, -0.2) is 8.78 Å². The fourth-order valence-corrected chi connectivity index (χ4v) is 8.60. The number of alkyl halides is 6. The molecule has 0 spiro atoms. The average molecular weight is 934 g/mol. The number of halogens is 8. The maximum absolute atomic E-state index is 14.6. The summed E-state index contributed by atoms with van der Waals surface area (Å²) in [5.41, 5.74) is 0.942. The quantitative estimate of drug-likeness (QED) is 0.0726. The molecule has 4 aromatic carbocycles. The largest absolute Gasteiger partial charge is 0.416 e. The fraction of sp³-hybridized carbons (Fsp3) is 0.289. The van der Waals surface area contributed by atoms with Crippen LogP contribution >= 0.6 is 0 Å². The van der Waals surface area contributed by atoms with E-state index in [0.717, 1.165) is 22.0 Å². The van der Waals surface area contributed by atoms with Gasteiger partial charge in [-0.15, -0.1) is 5.43 Å². The van der Waals surface area contributed by atoms with Crippen LogP contribution in [0, 0.1) is 39.2 Å². The summed E-state index contributed by atoms with van der Waals surface area (Å²) in [5.74, 6) is -3.49. The second-order valence-electron chi connectivity index (χ2n) is 16.0. The van der Waals surface area contributed by atoms with Gasteiger partial charge in [0.25, 0.3) is 16.8 Å². The topological polar surface area (TPSA) is 171 Å². The van der Waals surface area contributed by atoms with E-state index in [2.05, 4.69) is 16.1 Å². The van der Waals surface area contributed by atoms with E-state index in [1.165, 1.54) is 46.2 Å². The van der Waals surface area contributed by atoms with Gasteiger partial charge in [0.15, 0.2) is 6.35 Å². The van der Waals surface area contributed by atoms with Gasteiger partial charge in [-0.2, -0.15) is 36.9 Å². The van der Waals surface area contributed by atoms with E-state index in [1.807, 2.05) is 12.1 Å². The van der Waals surface area contributed by atoms with E-state index in [0.29, 0.717) is 66.4 Å². The van der Waals surface area contributed by atoms with Crippen LogP contribution in [0.3, 0.4) is 0 Å². The van der Waals surface area contributed by atoms with Crippen LogP contribution in [0.2, 0.25) is 0 Å². The minimum Gasteiger partial charge on any atom is -0.361 e. The molecule has 0 aromatic heterocycles. The number of aliphatic hydroxyl groups excluding tert-OH is 1. The highest BCUT2D eigenvalue weighted by atomic mass is 19.4. The lowest BCUT2D eigenvalue weighted by molar-refractivity contribution is -0.622. The Morgan fingerprint density at radius 3 is 1.66 bits per heavy atom. The summed E-state index contributed by atoms with van der Waals surface area (Å²) in [6, 6.07) is 17.6. The maximum atomic E-state index is 14.6. The highest BCUT2D eigenvalue weighted by Crippen LogP contribution is 2.43. The lowest BCUT2D eigenvalue weighted by Gasteiger charge is -2.39. The fourth-order valence-electron chi connectivity index (χ4n) is 8.60. The first-order chi connectivity index (χ1) is 31.9. The van der Waals surface area contributed by atoms with Gasteiger partial charge in [0, 0.05) is 24.8 Å². The highest BCUT2D eigenvalue weighted by molar-refractivity contribution is 6.00. The molecule has 4 N–H and O–H groups in total. The van der Waals surface area contributed by atoms with Gasteiger partial charge < -0.3 is 25.1 Å². The summed E-state index contributed by atoms with van der Waals surface area (Å²) >= 11 is 0. The van der Waals surface area contributed by atoms with Crippen molar-refractivity contribution in [2.24, 2.45) is 0 Å². The first-order valence-electron chi connectivity index (χ1n) is 20.6. The van der Waals surface area contributed by atoms with Crippen molar-refractivity contribution in [3.05, 3.63) is 157 Å². The molecule has 67 heavy (non-hydrogen) atoms. The Bertz CT molecular complexity index is 2780. The van der Waals surface area contributed by atoms with Crippen LogP contribution in [0.1, 0.15) is 58.3 Å². The third-order valence-corrected chi connectivity index (χ3v) is 11.7. The summed E-state index contributed by atoms with van der Waals surface area (Å²) in [6.45, 7) is 0.561. The molecule has 3 unspecified atom stereocenters. The molecule has 0 saturated heterocycles. The van der Waals surface area contributed by atoms with Gasteiger partial charge in [-0.1, -0.05) is 24.3 Å². The molecule has 0 fully saturated rings. The number of nitroso groups, excluding NO2 is 1. The molecule has 0 aliphatic carbocycles. The molecule has 14 nitrogen and oxygen atoms in total. The Morgan fingerprint density at radius 2 is 1.15 bits per heavy atom. The van der Waals surface area contributed by atoms with Crippen molar-refractivity contribution >= 4 is 23.2 Å². The molecule has 346 valence electrons.